The average molecular weight is 586 g/mol. The lowest BCUT2D eigenvalue weighted by Gasteiger charge is -2.36. The van der Waals surface area contributed by atoms with Crippen LogP contribution in [0.15, 0.2) is 42.5 Å². The highest BCUT2D eigenvalue weighted by atomic mass is 35.5. The number of carbonyl (C=O) groups is 1. The summed E-state index contributed by atoms with van der Waals surface area (Å²) in [5, 5.41) is 10.9. The maximum atomic E-state index is 13.7. The van der Waals surface area contributed by atoms with E-state index in [0.717, 1.165) is 48.3 Å². The molecule has 3 aromatic rings. The van der Waals surface area contributed by atoms with Crippen molar-refractivity contribution in [2.24, 2.45) is 11.8 Å². The van der Waals surface area contributed by atoms with Gasteiger partial charge >= 0.3 is 5.97 Å². The Labute approximate surface area is 241 Å². The van der Waals surface area contributed by atoms with Crippen molar-refractivity contribution in [2.45, 2.75) is 58.0 Å². The number of hydrogen-bond acceptors (Lipinski definition) is 5. The second-order valence-electron chi connectivity index (χ2n) is 10.3. The number of nitrogens with zero attached hydrogens (tertiary/aromatic N) is 2. The third-order valence-electron chi connectivity index (χ3n) is 7.30. The number of aliphatic carboxylic acids is 1. The van der Waals surface area contributed by atoms with E-state index in [0.29, 0.717) is 25.5 Å². The molecule has 5 nitrogen and oxygen atoms in total. The fourth-order valence-corrected chi connectivity index (χ4v) is 6.48. The highest BCUT2D eigenvalue weighted by molar-refractivity contribution is 7.18. The van der Waals surface area contributed by atoms with E-state index in [1.807, 2.05) is 31.3 Å². The first kappa shape index (κ1) is 32.4. The number of fused-ring (bicyclic) bond motifs is 2. The number of thiazole rings is 1. The van der Waals surface area contributed by atoms with Crippen LogP contribution in [-0.2, 0) is 22.4 Å². The van der Waals surface area contributed by atoms with Gasteiger partial charge < -0.3 is 14.7 Å². The Balaban J connectivity index is 0.00000253. The van der Waals surface area contributed by atoms with E-state index < -0.39 is 12.1 Å². The van der Waals surface area contributed by atoms with Gasteiger partial charge in [-0.15, -0.1) is 36.2 Å². The van der Waals surface area contributed by atoms with Crippen molar-refractivity contribution in [3.05, 3.63) is 64.4 Å². The average Bonchev–Trinajstić information content (AvgIpc) is 3.26. The molecule has 3 atom stereocenters. The molecule has 1 N–H and O–H groups in total. The maximum Gasteiger partial charge on any atom is 0.332 e. The molecule has 1 aromatic heterocycles. The minimum Gasteiger partial charge on any atom is -0.479 e. The molecule has 0 aliphatic heterocycles. The zero-order chi connectivity index (χ0) is 25.7. The predicted octanol–water partition coefficient (Wildman–Crippen LogP) is 7.01. The summed E-state index contributed by atoms with van der Waals surface area (Å²) in [4.78, 5) is 18.8. The highest BCUT2D eigenvalue weighted by Crippen LogP contribution is 2.41. The Morgan fingerprint density at radius 1 is 1.21 bits per heavy atom. The topological polar surface area (TPSA) is 62.7 Å². The number of rotatable bonds is 12. The summed E-state index contributed by atoms with van der Waals surface area (Å²) in [5.74, 6) is -0.253. The van der Waals surface area contributed by atoms with Crippen LogP contribution in [-0.4, -0.2) is 53.8 Å². The molecule has 0 saturated carbocycles. The van der Waals surface area contributed by atoms with Crippen molar-refractivity contribution in [1.29, 1.82) is 0 Å². The quantitative estimate of drug-likeness (QED) is 0.248. The Morgan fingerprint density at radius 3 is 2.68 bits per heavy atom. The lowest BCUT2D eigenvalue weighted by molar-refractivity contribution is -0.152. The summed E-state index contributed by atoms with van der Waals surface area (Å²) in [6.45, 7) is 6.31. The summed E-state index contributed by atoms with van der Waals surface area (Å²) in [6.07, 6.45) is 3.23. The molecule has 0 fully saturated rings. The van der Waals surface area contributed by atoms with Gasteiger partial charge in [0.25, 0.3) is 0 Å². The zero-order valence-electron chi connectivity index (χ0n) is 22.3. The van der Waals surface area contributed by atoms with Crippen LogP contribution in [0.5, 0.6) is 0 Å². The predicted molar refractivity (Wildman–Crippen MR) is 158 cm³/mol. The minimum atomic E-state index is -0.905. The second kappa shape index (κ2) is 15.1. The Bertz CT molecular complexity index is 1140. The number of ether oxygens (including phenoxy) is 1. The molecule has 0 saturated heterocycles. The van der Waals surface area contributed by atoms with Crippen LogP contribution in [0.1, 0.15) is 55.2 Å². The summed E-state index contributed by atoms with van der Waals surface area (Å²) in [6, 6.07) is 13.3. The third kappa shape index (κ3) is 8.36. The number of halogens is 3. The summed E-state index contributed by atoms with van der Waals surface area (Å²) in [7, 11) is 2.03. The van der Waals surface area contributed by atoms with Crippen LogP contribution in [0.25, 0.3) is 10.2 Å². The van der Waals surface area contributed by atoms with Gasteiger partial charge in [-0.2, -0.15) is 0 Å². The van der Waals surface area contributed by atoms with Crippen molar-refractivity contribution in [3.8, 4) is 0 Å². The van der Waals surface area contributed by atoms with E-state index in [1.54, 1.807) is 17.4 Å². The summed E-state index contributed by atoms with van der Waals surface area (Å²) >= 11 is 1.74. The van der Waals surface area contributed by atoms with E-state index >= 15 is 0 Å². The molecule has 0 amide bonds. The first-order chi connectivity index (χ1) is 17.3. The van der Waals surface area contributed by atoms with Crippen molar-refractivity contribution in [3.63, 3.8) is 0 Å². The number of benzene rings is 2. The molecular weight excluding hydrogens is 546 g/mol. The van der Waals surface area contributed by atoms with E-state index in [-0.39, 0.29) is 42.5 Å². The lowest BCUT2D eigenvalue weighted by Crippen LogP contribution is -2.34. The van der Waals surface area contributed by atoms with Gasteiger partial charge in [-0.05, 0) is 92.4 Å². The number of aryl methyl sites for hydroxylation is 2. The summed E-state index contributed by atoms with van der Waals surface area (Å²) in [5.41, 5.74) is 3.32. The van der Waals surface area contributed by atoms with Crippen LogP contribution in [0, 0.1) is 17.7 Å². The molecule has 0 spiro atoms. The van der Waals surface area contributed by atoms with Gasteiger partial charge in [0.1, 0.15) is 5.82 Å². The second-order valence-corrected chi connectivity index (χ2v) is 11.5. The molecule has 1 aliphatic carbocycles. The van der Waals surface area contributed by atoms with Crippen molar-refractivity contribution >= 4 is 52.3 Å². The molecule has 210 valence electrons. The highest BCUT2D eigenvalue weighted by Gasteiger charge is 2.33. The molecule has 0 radical (unpaired) electrons. The van der Waals surface area contributed by atoms with Gasteiger partial charge in [0, 0.05) is 13.0 Å². The normalized spacial score (nSPS) is 17.6. The Morgan fingerprint density at radius 2 is 1.97 bits per heavy atom. The Kier molecular flexibility index (Phi) is 12.9. The van der Waals surface area contributed by atoms with Crippen LogP contribution < -0.4 is 0 Å². The van der Waals surface area contributed by atoms with E-state index in [1.165, 1.54) is 16.3 Å². The third-order valence-corrected chi connectivity index (χ3v) is 8.40. The van der Waals surface area contributed by atoms with Gasteiger partial charge in [-0.1, -0.05) is 32.0 Å². The minimum absolute atomic E-state index is 0. The van der Waals surface area contributed by atoms with E-state index in [2.05, 4.69) is 24.8 Å². The lowest BCUT2D eigenvalue weighted by atomic mass is 9.70. The Hall–Kier alpha value is -1.77. The molecule has 1 heterocycles. The van der Waals surface area contributed by atoms with E-state index in [9.17, 15) is 14.3 Å². The maximum absolute atomic E-state index is 13.7. The van der Waals surface area contributed by atoms with Gasteiger partial charge in [0.2, 0.25) is 0 Å². The molecule has 38 heavy (non-hydrogen) atoms. The van der Waals surface area contributed by atoms with Crippen molar-refractivity contribution in [1.82, 2.24) is 9.88 Å². The smallest absolute Gasteiger partial charge is 0.332 e. The SMILES string of the molecule is CC(C)[C@@H]1c2ccc(F)cc2CCC1CO[C@@H](CCN(C)CCCc1nc2ccccc2s1)C(=O)O.Cl.Cl. The molecule has 9 heteroatoms. The molecule has 1 aliphatic rings. The van der Waals surface area contributed by atoms with Crippen LogP contribution in [0.2, 0.25) is 0 Å². The first-order valence-electron chi connectivity index (χ1n) is 13.0. The van der Waals surface area contributed by atoms with Crippen LogP contribution >= 0.6 is 36.2 Å². The fraction of sp³-hybridized carbons (Fsp3) is 0.517. The molecular formula is C29H39Cl2FN2O3S. The molecule has 2 aromatic carbocycles. The van der Waals surface area contributed by atoms with Crippen LogP contribution in [0.3, 0.4) is 0 Å². The number of aromatic nitrogens is 1. The number of hydrogen-bond donors (Lipinski definition) is 1. The zero-order valence-corrected chi connectivity index (χ0v) is 24.7. The van der Waals surface area contributed by atoms with Gasteiger partial charge in [-0.3, -0.25) is 0 Å². The molecule has 1 unspecified atom stereocenters. The summed E-state index contributed by atoms with van der Waals surface area (Å²) < 4.78 is 21.0. The number of carboxylic acid groups (broad SMARTS) is 1. The first-order valence-corrected chi connectivity index (χ1v) is 13.8. The standard InChI is InChI=1S/C29H37FN2O3S.2ClH/c1-19(2)28-21(11-10-20-17-22(30)12-13-23(20)28)18-35-25(29(33)34)14-16-32(3)15-6-9-27-31-24-7-4-5-8-26(24)36-27;;/h4-5,7-8,12-13,17,19,21,25,28H,6,9-11,14-16,18H2,1-3H3,(H,33,34);2*1H/t21?,25-,28-;;/m0../s1. The number of carboxylic acids is 1. The fourth-order valence-electron chi connectivity index (χ4n) is 5.48. The van der Waals surface area contributed by atoms with Crippen molar-refractivity contribution < 1.29 is 19.0 Å². The molecule has 0 bridgehead atoms. The van der Waals surface area contributed by atoms with Crippen molar-refractivity contribution in [2.75, 3.05) is 26.7 Å². The van der Waals surface area contributed by atoms with Gasteiger partial charge in [0.15, 0.2) is 6.10 Å². The van der Waals surface area contributed by atoms with E-state index in [4.69, 9.17) is 9.72 Å². The molecule has 4 rings (SSSR count). The largest absolute Gasteiger partial charge is 0.479 e. The number of para-hydroxylation sites is 1. The van der Waals surface area contributed by atoms with Crippen LogP contribution in [0.4, 0.5) is 4.39 Å². The van der Waals surface area contributed by atoms with Gasteiger partial charge in [0.05, 0.1) is 21.8 Å². The monoisotopic (exact) mass is 584 g/mol. The van der Waals surface area contributed by atoms with Gasteiger partial charge in [-0.25, -0.2) is 14.2 Å².